The van der Waals surface area contributed by atoms with Crippen molar-refractivity contribution in [2.45, 2.75) is 47.0 Å². The van der Waals surface area contributed by atoms with Crippen LogP contribution in [0, 0.1) is 6.92 Å². The summed E-state index contributed by atoms with van der Waals surface area (Å²) in [7, 11) is 2.21. The lowest BCUT2D eigenvalue weighted by molar-refractivity contribution is 0.332. The molecule has 0 saturated heterocycles. The molecule has 0 N–H and O–H groups in total. The second kappa shape index (κ2) is 10.3. The number of benzene rings is 1. The van der Waals surface area contributed by atoms with Crippen molar-refractivity contribution < 1.29 is 0 Å². The highest BCUT2D eigenvalue weighted by Gasteiger charge is 1.98. The molecule has 0 aliphatic carbocycles. The van der Waals surface area contributed by atoms with Gasteiger partial charge in [0.2, 0.25) is 0 Å². The van der Waals surface area contributed by atoms with E-state index in [0.717, 1.165) is 0 Å². The smallest absolute Gasteiger partial charge is 0.00188 e. The first-order chi connectivity index (χ1) is 8.22. The average molecular weight is 235 g/mol. The molecule has 0 unspecified atom stereocenters. The Morgan fingerprint density at radius 3 is 2.12 bits per heavy atom. The zero-order valence-electron chi connectivity index (χ0n) is 12.3. The molecule has 0 fully saturated rings. The molecule has 0 spiro atoms. The molecule has 1 aromatic carbocycles. The predicted molar refractivity (Wildman–Crippen MR) is 78.6 cm³/mol. The van der Waals surface area contributed by atoms with Crippen LogP contribution < -0.4 is 0 Å². The Balaban J connectivity index is 0.00000121. The molecule has 0 aliphatic heterocycles. The summed E-state index contributed by atoms with van der Waals surface area (Å²) in [6, 6.07) is 8.87. The summed E-state index contributed by atoms with van der Waals surface area (Å²) < 4.78 is 0. The predicted octanol–water partition coefficient (Wildman–Crippen LogP) is 4.30. The molecule has 1 aromatic rings. The minimum absolute atomic E-state index is 1.17. The number of unbranched alkanes of at least 4 members (excludes halogenated alkanes) is 1. The molecule has 0 saturated carbocycles. The van der Waals surface area contributed by atoms with Crippen LogP contribution in [0.4, 0.5) is 0 Å². The van der Waals surface area contributed by atoms with Gasteiger partial charge in [0.25, 0.3) is 0 Å². The quantitative estimate of drug-likeness (QED) is 0.711. The fourth-order valence-electron chi connectivity index (χ4n) is 1.61. The van der Waals surface area contributed by atoms with Gasteiger partial charge in [-0.05, 0) is 38.9 Å². The van der Waals surface area contributed by atoms with Crippen LogP contribution in [0.5, 0.6) is 0 Å². The summed E-state index contributed by atoms with van der Waals surface area (Å²) in [6.07, 6.45) is 3.76. The van der Waals surface area contributed by atoms with Gasteiger partial charge in [0.05, 0.1) is 0 Å². The summed E-state index contributed by atoms with van der Waals surface area (Å²) in [5, 5.41) is 0. The van der Waals surface area contributed by atoms with E-state index in [9.17, 15) is 0 Å². The van der Waals surface area contributed by atoms with Crippen molar-refractivity contribution in [1.82, 2.24) is 4.90 Å². The highest BCUT2D eigenvalue weighted by atomic mass is 15.1. The van der Waals surface area contributed by atoms with Crippen LogP contribution >= 0.6 is 0 Å². The van der Waals surface area contributed by atoms with E-state index in [-0.39, 0.29) is 0 Å². The Hall–Kier alpha value is -0.820. The van der Waals surface area contributed by atoms with Gasteiger partial charge in [-0.25, -0.2) is 0 Å². The van der Waals surface area contributed by atoms with E-state index in [4.69, 9.17) is 0 Å². The van der Waals surface area contributed by atoms with Crippen molar-refractivity contribution in [1.29, 1.82) is 0 Å². The van der Waals surface area contributed by atoms with Crippen molar-refractivity contribution >= 4 is 0 Å². The maximum atomic E-state index is 2.42. The Bertz CT molecular complexity index is 263. The maximum Gasteiger partial charge on any atom is 0.00188 e. The van der Waals surface area contributed by atoms with Crippen LogP contribution in [0.2, 0.25) is 0 Å². The van der Waals surface area contributed by atoms with Crippen LogP contribution in [0.15, 0.2) is 24.3 Å². The second-order valence-electron chi connectivity index (χ2n) is 4.39. The fraction of sp³-hybridized carbons (Fsp3) is 0.625. The standard InChI is InChI=1S/C14H23N.C2H6/c1-4-5-11-15(3)12-10-14-8-6-13(2)7-9-14;1-2/h6-9H,4-5,10-12H2,1-3H3;1-2H3. The maximum absolute atomic E-state index is 2.42. The van der Waals surface area contributed by atoms with Crippen molar-refractivity contribution in [2.24, 2.45) is 0 Å². The largest absolute Gasteiger partial charge is 0.306 e. The van der Waals surface area contributed by atoms with Crippen molar-refractivity contribution in [3.8, 4) is 0 Å². The van der Waals surface area contributed by atoms with Gasteiger partial charge in [0.15, 0.2) is 0 Å². The molecule has 17 heavy (non-hydrogen) atoms. The molecule has 98 valence electrons. The zero-order valence-corrected chi connectivity index (χ0v) is 12.3. The third kappa shape index (κ3) is 7.98. The average Bonchev–Trinajstić information content (AvgIpc) is 2.38. The van der Waals surface area contributed by atoms with Gasteiger partial charge in [-0.1, -0.05) is 57.0 Å². The molecule has 1 nitrogen and oxygen atoms in total. The summed E-state index contributed by atoms with van der Waals surface area (Å²) in [5.41, 5.74) is 2.79. The van der Waals surface area contributed by atoms with Crippen LogP contribution in [0.1, 0.15) is 44.7 Å². The van der Waals surface area contributed by atoms with Crippen molar-refractivity contribution in [3.05, 3.63) is 35.4 Å². The van der Waals surface area contributed by atoms with Gasteiger partial charge in [0, 0.05) is 6.54 Å². The van der Waals surface area contributed by atoms with Gasteiger partial charge >= 0.3 is 0 Å². The highest BCUT2D eigenvalue weighted by molar-refractivity contribution is 5.21. The minimum Gasteiger partial charge on any atom is -0.306 e. The first kappa shape index (κ1) is 16.2. The lowest BCUT2D eigenvalue weighted by Crippen LogP contribution is -2.22. The van der Waals surface area contributed by atoms with E-state index >= 15 is 0 Å². The molecule has 1 heteroatoms. The third-order valence-electron chi connectivity index (χ3n) is 2.80. The lowest BCUT2D eigenvalue weighted by atomic mass is 10.1. The molecule has 1 rings (SSSR count). The van der Waals surface area contributed by atoms with Gasteiger partial charge in [0.1, 0.15) is 0 Å². The number of aryl methyl sites for hydroxylation is 1. The molecule has 0 bridgehead atoms. The molecule has 0 aromatic heterocycles. The highest BCUT2D eigenvalue weighted by Crippen LogP contribution is 2.04. The molecule has 0 aliphatic rings. The number of hydrogen-bond acceptors (Lipinski definition) is 1. The summed E-state index contributed by atoms with van der Waals surface area (Å²) in [4.78, 5) is 2.42. The van der Waals surface area contributed by atoms with E-state index < -0.39 is 0 Å². The van der Waals surface area contributed by atoms with E-state index in [1.54, 1.807) is 0 Å². The van der Waals surface area contributed by atoms with E-state index in [1.807, 2.05) is 13.8 Å². The van der Waals surface area contributed by atoms with Crippen molar-refractivity contribution in [3.63, 3.8) is 0 Å². The Morgan fingerprint density at radius 1 is 1.00 bits per heavy atom. The van der Waals surface area contributed by atoms with Crippen LogP contribution in [0.25, 0.3) is 0 Å². The summed E-state index contributed by atoms with van der Waals surface area (Å²) in [5.74, 6) is 0. The molecule has 0 atom stereocenters. The van der Waals surface area contributed by atoms with Gasteiger partial charge < -0.3 is 4.90 Å². The molecular weight excluding hydrogens is 206 g/mol. The third-order valence-corrected chi connectivity index (χ3v) is 2.80. The van der Waals surface area contributed by atoms with Crippen LogP contribution in [0.3, 0.4) is 0 Å². The Kier molecular flexibility index (Phi) is 9.84. The Morgan fingerprint density at radius 2 is 1.59 bits per heavy atom. The summed E-state index contributed by atoms with van der Waals surface area (Å²) >= 11 is 0. The number of rotatable bonds is 6. The number of nitrogens with zero attached hydrogens (tertiary/aromatic N) is 1. The molecule has 0 amide bonds. The first-order valence-corrected chi connectivity index (χ1v) is 6.96. The van der Waals surface area contributed by atoms with Crippen LogP contribution in [-0.4, -0.2) is 25.0 Å². The zero-order chi connectivity index (χ0) is 13.1. The van der Waals surface area contributed by atoms with Crippen LogP contribution in [-0.2, 0) is 6.42 Å². The van der Waals surface area contributed by atoms with E-state index in [1.165, 1.54) is 43.5 Å². The molecule has 0 radical (unpaired) electrons. The molecular formula is C16H29N. The number of hydrogen-bond donors (Lipinski definition) is 0. The topological polar surface area (TPSA) is 3.24 Å². The second-order valence-corrected chi connectivity index (χ2v) is 4.39. The normalized spacial score (nSPS) is 10.0. The van der Waals surface area contributed by atoms with Gasteiger partial charge in [-0.3, -0.25) is 0 Å². The van der Waals surface area contributed by atoms with E-state index in [2.05, 4.69) is 50.1 Å². The van der Waals surface area contributed by atoms with E-state index in [0.29, 0.717) is 0 Å². The van der Waals surface area contributed by atoms with Crippen molar-refractivity contribution in [2.75, 3.05) is 20.1 Å². The SMILES string of the molecule is CC.CCCCN(C)CCc1ccc(C)cc1. The van der Waals surface area contributed by atoms with Gasteiger partial charge in [-0.15, -0.1) is 0 Å². The fourth-order valence-corrected chi connectivity index (χ4v) is 1.61. The van der Waals surface area contributed by atoms with Gasteiger partial charge in [-0.2, -0.15) is 0 Å². The number of likely N-dealkylation sites (N-methyl/N-ethyl adjacent to an activating group) is 1. The molecule has 0 heterocycles. The Labute approximate surface area is 108 Å². The minimum atomic E-state index is 1.17. The summed E-state index contributed by atoms with van der Waals surface area (Å²) in [6.45, 7) is 10.8. The monoisotopic (exact) mass is 235 g/mol. The first-order valence-electron chi connectivity index (χ1n) is 6.96. The lowest BCUT2D eigenvalue weighted by Gasteiger charge is -2.15.